The molecule has 0 atom stereocenters. The van der Waals surface area contributed by atoms with Gasteiger partial charge < -0.3 is 15.7 Å². The number of nitrogens with one attached hydrogen (secondary N) is 2. The van der Waals surface area contributed by atoms with Gasteiger partial charge in [-0.05, 0) is 30.5 Å². The Balaban J connectivity index is 1.83. The molecule has 3 N–H and O–H groups in total. The van der Waals surface area contributed by atoms with E-state index < -0.39 is 0 Å². The second-order valence-electron chi connectivity index (χ2n) is 9.24. The highest BCUT2D eigenvalue weighted by atomic mass is 16.3. The van der Waals surface area contributed by atoms with Crippen LogP contribution in [0.25, 0.3) is 0 Å². The van der Waals surface area contributed by atoms with E-state index in [1.807, 2.05) is 12.1 Å². The fourth-order valence-electron chi connectivity index (χ4n) is 4.00. The number of unbranched alkanes of at least 4 members (excludes halogenated alkanes) is 14. The summed E-state index contributed by atoms with van der Waals surface area (Å²) in [6.45, 7) is 2.46. The lowest BCUT2D eigenvalue weighted by molar-refractivity contribution is -0.122. The van der Waals surface area contributed by atoms with Gasteiger partial charge in [-0.3, -0.25) is 9.59 Å². The maximum Gasteiger partial charge on any atom is 0.221 e. The number of hydrogen-bond acceptors (Lipinski definition) is 3. The molecule has 188 valence electrons. The van der Waals surface area contributed by atoms with Crippen LogP contribution in [-0.4, -0.2) is 23.6 Å². The molecule has 0 radical (unpaired) electrons. The van der Waals surface area contributed by atoms with Crippen LogP contribution in [0.3, 0.4) is 0 Å². The van der Waals surface area contributed by atoms with E-state index >= 15 is 0 Å². The molecule has 5 heteroatoms. The number of phenolic OH excluding ortho intramolecular Hbond substituents is 1. The molecule has 0 fully saturated rings. The molecule has 1 rings (SSSR count). The number of rotatable bonds is 21. The molecule has 1 aromatic rings. The molecule has 0 saturated heterocycles. The van der Waals surface area contributed by atoms with Crippen LogP contribution in [0.15, 0.2) is 24.3 Å². The van der Waals surface area contributed by atoms with Crippen LogP contribution in [0, 0.1) is 0 Å². The molecule has 1 aromatic carbocycles. The quantitative estimate of drug-likeness (QED) is 0.140. The minimum atomic E-state index is -0.0876. The van der Waals surface area contributed by atoms with Crippen LogP contribution >= 0.6 is 0 Å². The summed E-state index contributed by atoms with van der Waals surface area (Å²) in [6.07, 6.45) is 21.2. The van der Waals surface area contributed by atoms with Crippen molar-refractivity contribution in [2.45, 2.75) is 122 Å². The van der Waals surface area contributed by atoms with Crippen LogP contribution in [0.1, 0.15) is 122 Å². The Hall–Kier alpha value is -2.04. The molecule has 0 aromatic heterocycles. The Bertz CT molecular complexity index is 616. The molecule has 33 heavy (non-hydrogen) atoms. The predicted molar refractivity (Wildman–Crippen MR) is 137 cm³/mol. The number of hydrogen-bond donors (Lipinski definition) is 3. The Morgan fingerprint density at radius 2 is 1.06 bits per heavy atom. The third-order valence-electron chi connectivity index (χ3n) is 6.16. The molecule has 0 heterocycles. The van der Waals surface area contributed by atoms with Gasteiger partial charge in [0.15, 0.2) is 0 Å². The number of phenols is 1. The van der Waals surface area contributed by atoms with Crippen molar-refractivity contribution < 1.29 is 14.7 Å². The number of amides is 2. The number of aromatic hydroxyl groups is 1. The van der Waals surface area contributed by atoms with E-state index in [0.29, 0.717) is 19.3 Å². The zero-order chi connectivity index (χ0) is 24.0. The first kappa shape index (κ1) is 29.0. The van der Waals surface area contributed by atoms with E-state index in [9.17, 15) is 14.7 Å². The zero-order valence-electron chi connectivity index (χ0n) is 21.0. The fraction of sp³-hybridized carbons (Fsp3) is 0.714. The van der Waals surface area contributed by atoms with Crippen molar-refractivity contribution in [1.29, 1.82) is 0 Å². The molecule has 0 aliphatic heterocycles. The first-order valence-electron chi connectivity index (χ1n) is 13.4. The highest BCUT2D eigenvalue weighted by Gasteiger charge is 2.04. The molecule has 0 saturated carbocycles. The average molecular weight is 461 g/mol. The molecule has 0 aliphatic carbocycles. The Morgan fingerprint density at radius 1 is 0.636 bits per heavy atom. The van der Waals surface area contributed by atoms with Crippen LogP contribution < -0.4 is 10.6 Å². The van der Waals surface area contributed by atoms with Crippen LogP contribution in [0.2, 0.25) is 0 Å². The maximum absolute atomic E-state index is 11.9. The Labute approximate surface area is 202 Å². The van der Waals surface area contributed by atoms with E-state index in [4.69, 9.17) is 0 Å². The first-order chi connectivity index (χ1) is 16.1. The molecule has 0 aliphatic rings. The highest BCUT2D eigenvalue weighted by molar-refractivity contribution is 5.78. The molecule has 2 amide bonds. The van der Waals surface area contributed by atoms with Crippen LogP contribution in [0.5, 0.6) is 5.75 Å². The summed E-state index contributed by atoms with van der Waals surface area (Å²) in [7, 11) is 0. The van der Waals surface area contributed by atoms with Crippen LogP contribution in [0.4, 0.5) is 0 Å². The lowest BCUT2D eigenvalue weighted by atomic mass is 10.0. The van der Waals surface area contributed by atoms with Gasteiger partial charge in [-0.1, -0.05) is 109 Å². The smallest absolute Gasteiger partial charge is 0.221 e. The first-order valence-corrected chi connectivity index (χ1v) is 13.4. The second-order valence-corrected chi connectivity index (χ2v) is 9.24. The molecule has 0 unspecified atom stereocenters. The van der Waals surface area contributed by atoms with Gasteiger partial charge in [-0.2, -0.15) is 0 Å². The fourth-order valence-corrected chi connectivity index (χ4v) is 4.00. The van der Waals surface area contributed by atoms with E-state index in [1.54, 1.807) is 12.1 Å². The Morgan fingerprint density at radius 3 is 1.55 bits per heavy atom. The summed E-state index contributed by atoms with van der Waals surface area (Å²) < 4.78 is 0. The third kappa shape index (κ3) is 18.1. The molecule has 5 nitrogen and oxygen atoms in total. The molecule has 0 bridgehead atoms. The van der Waals surface area contributed by atoms with Crippen molar-refractivity contribution in [2.75, 3.05) is 6.67 Å². The number of carbonyl (C=O) groups excluding carboxylic acids is 2. The van der Waals surface area contributed by atoms with Gasteiger partial charge in [0.05, 0.1) is 6.67 Å². The van der Waals surface area contributed by atoms with E-state index in [0.717, 1.165) is 18.4 Å². The SMILES string of the molecule is CCCCCCCCCCCCCCCCCC(=O)NCNC(=O)CCc1ccc(O)cc1. The average Bonchev–Trinajstić information content (AvgIpc) is 2.81. The summed E-state index contributed by atoms with van der Waals surface area (Å²) in [5, 5.41) is 14.8. The van der Waals surface area contributed by atoms with Crippen molar-refractivity contribution in [2.24, 2.45) is 0 Å². The Kier molecular flexibility index (Phi) is 18.1. The summed E-state index contributed by atoms with van der Waals surface area (Å²) in [5.74, 6) is 0.138. The van der Waals surface area contributed by atoms with Gasteiger partial charge in [-0.15, -0.1) is 0 Å². The zero-order valence-corrected chi connectivity index (χ0v) is 21.0. The van der Waals surface area contributed by atoms with Crippen molar-refractivity contribution in [1.82, 2.24) is 10.6 Å². The van der Waals surface area contributed by atoms with Crippen molar-refractivity contribution in [3.05, 3.63) is 29.8 Å². The molecule has 0 spiro atoms. The van der Waals surface area contributed by atoms with E-state index in [-0.39, 0.29) is 24.2 Å². The van der Waals surface area contributed by atoms with Crippen LogP contribution in [-0.2, 0) is 16.0 Å². The van der Waals surface area contributed by atoms with Gasteiger partial charge >= 0.3 is 0 Å². The van der Waals surface area contributed by atoms with Crippen molar-refractivity contribution >= 4 is 11.8 Å². The third-order valence-corrected chi connectivity index (χ3v) is 6.16. The number of benzene rings is 1. The summed E-state index contributed by atoms with van der Waals surface area (Å²) in [5.41, 5.74) is 1.00. The molecular formula is C28H48N2O3. The lowest BCUT2D eigenvalue weighted by Gasteiger charge is -2.08. The predicted octanol–water partition coefficient (Wildman–Crippen LogP) is 6.78. The number of aryl methyl sites for hydroxylation is 1. The standard InChI is InChI=1S/C28H48N2O3/c1-2-3-4-5-6-7-8-9-10-11-12-13-14-15-16-17-27(32)29-24-30-28(33)23-20-25-18-21-26(31)22-19-25/h18-19,21-22,31H,2-17,20,23-24H2,1H3,(H,29,32)(H,30,33). The summed E-state index contributed by atoms with van der Waals surface area (Å²) in [6, 6.07) is 6.85. The minimum absolute atomic E-state index is 0.00327. The minimum Gasteiger partial charge on any atom is -0.508 e. The van der Waals surface area contributed by atoms with Gasteiger partial charge in [-0.25, -0.2) is 0 Å². The molecular weight excluding hydrogens is 412 g/mol. The topological polar surface area (TPSA) is 78.4 Å². The maximum atomic E-state index is 11.9. The van der Waals surface area contributed by atoms with Crippen molar-refractivity contribution in [3.63, 3.8) is 0 Å². The summed E-state index contributed by atoms with van der Waals surface area (Å²) in [4.78, 5) is 23.7. The highest BCUT2D eigenvalue weighted by Crippen LogP contribution is 2.14. The normalized spacial score (nSPS) is 10.8. The van der Waals surface area contributed by atoms with Crippen molar-refractivity contribution in [3.8, 4) is 5.75 Å². The number of carbonyl (C=O) groups is 2. The van der Waals surface area contributed by atoms with Gasteiger partial charge in [0.2, 0.25) is 11.8 Å². The summed E-state index contributed by atoms with van der Waals surface area (Å²) >= 11 is 0. The lowest BCUT2D eigenvalue weighted by Crippen LogP contribution is -2.37. The van der Waals surface area contributed by atoms with Gasteiger partial charge in [0, 0.05) is 12.8 Å². The largest absolute Gasteiger partial charge is 0.508 e. The van der Waals surface area contributed by atoms with Gasteiger partial charge in [0.1, 0.15) is 5.75 Å². The van der Waals surface area contributed by atoms with E-state index in [1.165, 1.54) is 83.5 Å². The van der Waals surface area contributed by atoms with E-state index in [2.05, 4.69) is 17.6 Å². The monoisotopic (exact) mass is 460 g/mol. The second kappa shape index (κ2) is 20.6. The van der Waals surface area contributed by atoms with Gasteiger partial charge in [0.25, 0.3) is 0 Å².